The lowest BCUT2D eigenvalue weighted by atomic mass is 10.2. The van der Waals surface area contributed by atoms with Crippen molar-refractivity contribution in [3.05, 3.63) is 12.3 Å². The van der Waals surface area contributed by atoms with Crippen LogP contribution >= 0.6 is 0 Å². The van der Waals surface area contributed by atoms with E-state index in [-0.39, 0.29) is 6.03 Å². The number of amides is 2. The molecule has 2 amide bonds. The van der Waals surface area contributed by atoms with Crippen LogP contribution in [-0.4, -0.2) is 46.5 Å². The van der Waals surface area contributed by atoms with Gasteiger partial charge < -0.3 is 9.64 Å². The highest BCUT2D eigenvalue weighted by atomic mass is 16.5. The van der Waals surface area contributed by atoms with Crippen LogP contribution < -0.4 is 5.32 Å². The molecule has 0 spiro atoms. The molecule has 1 aromatic rings. The summed E-state index contributed by atoms with van der Waals surface area (Å²) < 4.78 is 7.82. The normalized spacial score (nSPS) is 22.9. The SMILES string of the molecule is CCCO[C@@H]1CCCN(C(=O)Nc2ccnn2[C@@H](C)C2CC2)CC1. The molecule has 3 rings (SSSR count). The van der Waals surface area contributed by atoms with Crippen LogP contribution in [0.15, 0.2) is 12.3 Å². The van der Waals surface area contributed by atoms with E-state index in [1.165, 1.54) is 12.8 Å². The fourth-order valence-electron chi connectivity index (χ4n) is 3.42. The molecule has 2 fully saturated rings. The zero-order valence-electron chi connectivity index (χ0n) is 14.9. The molecule has 2 heterocycles. The van der Waals surface area contributed by atoms with E-state index in [9.17, 15) is 4.79 Å². The topological polar surface area (TPSA) is 59.4 Å². The van der Waals surface area contributed by atoms with Gasteiger partial charge in [0.25, 0.3) is 0 Å². The Labute approximate surface area is 144 Å². The number of hydrogen-bond acceptors (Lipinski definition) is 3. The van der Waals surface area contributed by atoms with Crippen LogP contribution in [0.1, 0.15) is 58.4 Å². The van der Waals surface area contributed by atoms with Crippen molar-refractivity contribution in [2.24, 2.45) is 5.92 Å². The number of carbonyl (C=O) groups excluding carboxylic acids is 1. The summed E-state index contributed by atoms with van der Waals surface area (Å²) in [7, 11) is 0. The summed E-state index contributed by atoms with van der Waals surface area (Å²) >= 11 is 0. The van der Waals surface area contributed by atoms with E-state index >= 15 is 0 Å². The molecular formula is C18H30N4O2. The van der Waals surface area contributed by atoms with E-state index in [0.717, 1.165) is 51.2 Å². The fourth-order valence-corrected chi connectivity index (χ4v) is 3.42. The largest absolute Gasteiger partial charge is 0.378 e. The third-order valence-corrected chi connectivity index (χ3v) is 5.12. The summed E-state index contributed by atoms with van der Waals surface area (Å²) in [5.41, 5.74) is 0. The van der Waals surface area contributed by atoms with Crippen LogP contribution in [0.5, 0.6) is 0 Å². The zero-order valence-corrected chi connectivity index (χ0v) is 14.9. The molecule has 0 unspecified atom stereocenters. The van der Waals surface area contributed by atoms with E-state index in [0.29, 0.717) is 18.1 Å². The molecule has 6 heteroatoms. The third-order valence-electron chi connectivity index (χ3n) is 5.12. The van der Waals surface area contributed by atoms with E-state index < -0.39 is 0 Å². The molecule has 1 aromatic heterocycles. The summed E-state index contributed by atoms with van der Waals surface area (Å²) in [6.45, 7) is 6.68. The average Bonchev–Trinajstić information content (AvgIpc) is 3.37. The average molecular weight is 334 g/mol. The summed E-state index contributed by atoms with van der Waals surface area (Å²) in [5, 5.41) is 7.46. The number of hydrogen-bond donors (Lipinski definition) is 1. The Hall–Kier alpha value is -1.56. The van der Waals surface area contributed by atoms with Crippen LogP contribution in [0.2, 0.25) is 0 Å². The van der Waals surface area contributed by atoms with Crippen molar-refractivity contribution in [3.63, 3.8) is 0 Å². The Morgan fingerprint density at radius 1 is 1.38 bits per heavy atom. The van der Waals surface area contributed by atoms with Crippen molar-refractivity contribution in [2.75, 3.05) is 25.0 Å². The molecule has 1 saturated carbocycles. The van der Waals surface area contributed by atoms with Crippen molar-refractivity contribution in [3.8, 4) is 0 Å². The minimum Gasteiger partial charge on any atom is -0.378 e. The molecule has 0 bridgehead atoms. The summed E-state index contributed by atoms with van der Waals surface area (Å²) in [5.74, 6) is 1.51. The predicted molar refractivity (Wildman–Crippen MR) is 94.1 cm³/mol. The van der Waals surface area contributed by atoms with Gasteiger partial charge in [0.2, 0.25) is 0 Å². The van der Waals surface area contributed by atoms with E-state index in [4.69, 9.17) is 4.74 Å². The molecule has 24 heavy (non-hydrogen) atoms. The van der Waals surface area contributed by atoms with Crippen LogP contribution in [0, 0.1) is 5.92 Å². The lowest BCUT2D eigenvalue weighted by Crippen LogP contribution is -2.36. The first-order chi connectivity index (χ1) is 11.7. The Kier molecular flexibility index (Phi) is 5.76. The van der Waals surface area contributed by atoms with E-state index in [1.807, 2.05) is 15.6 Å². The zero-order chi connectivity index (χ0) is 16.9. The van der Waals surface area contributed by atoms with Gasteiger partial charge in [0.1, 0.15) is 5.82 Å². The van der Waals surface area contributed by atoms with Gasteiger partial charge in [0.15, 0.2) is 0 Å². The van der Waals surface area contributed by atoms with Gasteiger partial charge >= 0.3 is 6.03 Å². The fraction of sp³-hybridized carbons (Fsp3) is 0.778. The van der Waals surface area contributed by atoms with Gasteiger partial charge in [-0.05, 0) is 51.4 Å². The molecule has 1 aliphatic carbocycles. The van der Waals surface area contributed by atoms with Gasteiger partial charge in [-0.2, -0.15) is 5.10 Å². The second kappa shape index (κ2) is 8.01. The molecule has 0 aromatic carbocycles. The Balaban J connectivity index is 1.54. The van der Waals surface area contributed by atoms with Crippen molar-refractivity contribution in [1.29, 1.82) is 0 Å². The standard InChI is InChI=1S/C18H30N4O2/c1-3-13-24-16-5-4-11-21(12-9-16)18(23)20-17-8-10-19-22(17)14(2)15-6-7-15/h8,10,14-16H,3-7,9,11-13H2,1-2H3,(H,20,23)/t14-,16+/m0/s1. The predicted octanol–water partition coefficient (Wildman–Crippen LogP) is 3.67. The Bertz CT molecular complexity index is 541. The molecule has 0 radical (unpaired) electrons. The Morgan fingerprint density at radius 2 is 2.21 bits per heavy atom. The van der Waals surface area contributed by atoms with Gasteiger partial charge in [0.05, 0.1) is 18.3 Å². The van der Waals surface area contributed by atoms with Crippen molar-refractivity contribution in [1.82, 2.24) is 14.7 Å². The van der Waals surface area contributed by atoms with Crippen molar-refractivity contribution < 1.29 is 9.53 Å². The van der Waals surface area contributed by atoms with Gasteiger partial charge in [-0.1, -0.05) is 6.92 Å². The van der Waals surface area contributed by atoms with E-state index in [1.54, 1.807) is 6.20 Å². The maximum absolute atomic E-state index is 12.6. The maximum Gasteiger partial charge on any atom is 0.323 e. The molecule has 134 valence electrons. The number of likely N-dealkylation sites (tertiary alicyclic amines) is 1. The number of urea groups is 1. The third kappa shape index (κ3) is 4.29. The van der Waals surface area contributed by atoms with Crippen LogP contribution in [0.25, 0.3) is 0 Å². The molecule has 1 saturated heterocycles. The van der Waals surface area contributed by atoms with Crippen LogP contribution in [0.3, 0.4) is 0 Å². The van der Waals surface area contributed by atoms with Gasteiger partial charge in [-0.3, -0.25) is 5.32 Å². The second-order valence-corrected chi connectivity index (χ2v) is 7.08. The van der Waals surface area contributed by atoms with Crippen molar-refractivity contribution >= 4 is 11.8 Å². The highest BCUT2D eigenvalue weighted by Gasteiger charge is 2.31. The number of nitrogens with one attached hydrogen (secondary N) is 1. The van der Waals surface area contributed by atoms with Crippen LogP contribution in [0.4, 0.5) is 10.6 Å². The molecular weight excluding hydrogens is 304 g/mol. The first-order valence-electron chi connectivity index (χ1n) is 9.40. The minimum atomic E-state index is -0.0177. The summed E-state index contributed by atoms with van der Waals surface area (Å²) in [4.78, 5) is 14.5. The highest BCUT2D eigenvalue weighted by molar-refractivity contribution is 5.88. The lowest BCUT2D eigenvalue weighted by molar-refractivity contribution is 0.0446. The first kappa shape index (κ1) is 17.3. The number of rotatable bonds is 6. The molecule has 2 aliphatic rings. The number of ether oxygens (including phenoxy) is 1. The second-order valence-electron chi connectivity index (χ2n) is 7.08. The minimum absolute atomic E-state index is 0.0177. The van der Waals surface area contributed by atoms with Gasteiger partial charge in [-0.25, -0.2) is 9.48 Å². The van der Waals surface area contributed by atoms with Gasteiger partial charge in [0, 0.05) is 25.8 Å². The first-order valence-corrected chi connectivity index (χ1v) is 9.40. The maximum atomic E-state index is 12.6. The monoisotopic (exact) mass is 334 g/mol. The molecule has 1 N–H and O–H groups in total. The lowest BCUT2D eigenvalue weighted by Gasteiger charge is -2.22. The smallest absolute Gasteiger partial charge is 0.323 e. The number of anilines is 1. The highest BCUT2D eigenvalue weighted by Crippen LogP contribution is 2.40. The Morgan fingerprint density at radius 3 is 2.96 bits per heavy atom. The van der Waals surface area contributed by atoms with Crippen molar-refractivity contribution in [2.45, 2.75) is 64.5 Å². The molecule has 6 nitrogen and oxygen atoms in total. The number of carbonyl (C=O) groups is 1. The van der Waals surface area contributed by atoms with Crippen LogP contribution in [-0.2, 0) is 4.74 Å². The summed E-state index contributed by atoms with van der Waals surface area (Å²) in [6, 6.07) is 2.23. The molecule has 2 atom stereocenters. The van der Waals surface area contributed by atoms with E-state index in [2.05, 4.69) is 24.3 Å². The molecule has 1 aliphatic heterocycles. The number of aromatic nitrogens is 2. The van der Waals surface area contributed by atoms with Gasteiger partial charge in [-0.15, -0.1) is 0 Å². The number of nitrogens with zero attached hydrogens (tertiary/aromatic N) is 3. The quantitative estimate of drug-likeness (QED) is 0.863. The summed E-state index contributed by atoms with van der Waals surface area (Å²) in [6.07, 6.45) is 8.60.